The largest absolute Gasteiger partial charge is 0.472 e. The fourth-order valence-electron chi connectivity index (χ4n) is 10.8. The molecular formula is C74H140O17P2. The van der Waals surface area contributed by atoms with Crippen molar-refractivity contribution < 1.29 is 80.2 Å². The summed E-state index contributed by atoms with van der Waals surface area (Å²) >= 11 is 0. The molecule has 0 saturated carbocycles. The number of phosphoric ester groups is 2. The highest BCUT2D eigenvalue weighted by molar-refractivity contribution is 7.47. The summed E-state index contributed by atoms with van der Waals surface area (Å²) in [5.41, 5.74) is 0. The topological polar surface area (TPSA) is 237 Å². The molecule has 0 fully saturated rings. The number of esters is 4. The molecule has 3 N–H and O–H groups in total. The van der Waals surface area contributed by atoms with Gasteiger partial charge in [-0.05, 0) is 57.3 Å². The quantitative estimate of drug-likeness (QED) is 0.0169. The van der Waals surface area contributed by atoms with Gasteiger partial charge in [0.2, 0.25) is 0 Å². The number of hydrogen-bond donors (Lipinski definition) is 3. The maximum atomic E-state index is 13.1. The average molecular weight is 1360 g/mol. The molecule has 0 heterocycles. The van der Waals surface area contributed by atoms with Crippen molar-refractivity contribution in [1.29, 1.82) is 0 Å². The van der Waals surface area contributed by atoms with Crippen molar-refractivity contribution in [2.24, 2.45) is 5.92 Å². The van der Waals surface area contributed by atoms with Crippen LogP contribution in [0.1, 0.15) is 362 Å². The van der Waals surface area contributed by atoms with E-state index in [1.165, 1.54) is 154 Å². The zero-order valence-electron chi connectivity index (χ0n) is 59.9. The Kier molecular flexibility index (Phi) is 65.0. The minimum absolute atomic E-state index is 0.101. The van der Waals surface area contributed by atoms with Gasteiger partial charge in [-0.2, -0.15) is 0 Å². The van der Waals surface area contributed by atoms with Crippen LogP contribution in [0.25, 0.3) is 0 Å². The third-order valence-electron chi connectivity index (χ3n) is 16.7. The van der Waals surface area contributed by atoms with Crippen molar-refractivity contribution in [3.63, 3.8) is 0 Å². The first kappa shape index (κ1) is 90.5. The molecule has 0 aromatic rings. The van der Waals surface area contributed by atoms with Gasteiger partial charge in [0.15, 0.2) is 12.2 Å². The van der Waals surface area contributed by atoms with Crippen molar-refractivity contribution in [2.45, 2.75) is 380 Å². The Hall–Kier alpha value is -2.46. The lowest BCUT2D eigenvalue weighted by atomic mass is 10.0. The first-order valence-corrected chi connectivity index (χ1v) is 40.9. The van der Waals surface area contributed by atoms with Crippen LogP contribution in [0.5, 0.6) is 0 Å². The Labute approximate surface area is 567 Å². The van der Waals surface area contributed by atoms with Gasteiger partial charge in [0.05, 0.1) is 26.4 Å². The van der Waals surface area contributed by atoms with Crippen LogP contribution in [0, 0.1) is 5.92 Å². The lowest BCUT2D eigenvalue weighted by Gasteiger charge is -2.21. The zero-order valence-corrected chi connectivity index (χ0v) is 61.7. The van der Waals surface area contributed by atoms with Crippen LogP contribution in [-0.4, -0.2) is 96.7 Å². The third kappa shape index (κ3) is 67.9. The van der Waals surface area contributed by atoms with Crippen LogP contribution in [-0.2, 0) is 65.4 Å². The molecule has 0 amide bonds. The fourth-order valence-corrected chi connectivity index (χ4v) is 12.4. The molecule has 0 rings (SSSR count). The van der Waals surface area contributed by atoms with Gasteiger partial charge < -0.3 is 33.8 Å². The van der Waals surface area contributed by atoms with E-state index in [-0.39, 0.29) is 25.7 Å². The summed E-state index contributed by atoms with van der Waals surface area (Å²) in [6.07, 6.45) is 57.8. The summed E-state index contributed by atoms with van der Waals surface area (Å²) < 4.78 is 68.3. The maximum absolute atomic E-state index is 13.1. The number of carbonyl (C=O) groups is 4. The predicted molar refractivity (Wildman–Crippen MR) is 377 cm³/mol. The fraction of sp³-hybridized carbons (Fsp3) is 0.892. The molecule has 0 aliphatic carbocycles. The monoisotopic (exact) mass is 1360 g/mol. The summed E-state index contributed by atoms with van der Waals surface area (Å²) in [5.74, 6) is -1.34. The second-order valence-electron chi connectivity index (χ2n) is 26.5. The minimum atomic E-state index is -4.96. The van der Waals surface area contributed by atoms with Crippen molar-refractivity contribution in [2.75, 3.05) is 39.6 Å². The van der Waals surface area contributed by atoms with E-state index in [1.807, 2.05) is 0 Å². The van der Waals surface area contributed by atoms with E-state index in [2.05, 4.69) is 58.9 Å². The van der Waals surface area contributed by atoms with E-state index in [0.717, 1.165) is 128 Å². The molecule has 0 aliphatic heterocycles. The summed E-state index contributed by atoms with van der Waals surface area (Å²) in [6, 6.07) is 0. The third-order valence-corrected chi connectivity index (χ3v) is 18.6. The normalized spacial score (nSPS) is 14.2. The molecule has 5 atom stereocenters. The van der Waals surface area contributed by atoms with Gasteiger partial charge in [-0.25, -0.2) is 9.13 Å². The number of aliphatic hydroxyl groups excluding tert-OH is 1. The molecule has 0 aromatic carbocycles. The molecule has 0 spiro atoms. The number of unbranched alkanes of at least 4 members (excludes halogenated alkanes) is 41. The average Bonchev–Trinajstić information content (AvgIpc) is 2.74. The minimum Gasteiger partial charge on any atom is -0.462 e. The molecule has 93 heavy (non-hydrogen) atoms. The molecule has 0 saturated heterocycles. The van der Waals surface area contributed by atoms with Crippen LogP contribution in [0.15, 0.2) is 24.3 Å². The van der Waals surface area contributed by atoms with E-state index in [4.69, 9.17) is 37.0 Å². The van der Waals surface area contributed by atoms with Crippen LogP contribution in [0.4, 0.5) is 0 Å². The molecule has 0 aromatic heterocycles. The highest BCUT2D eigenvalue weighted by Crippen LogP contribution is 2.45. The van der Waals surface area contributed by atoms with E-state index < -0.39 is 97.5 Å². The molecule has 17 nitrogen and oxygen atoms in total. The predicted octanol–water partition coefficient (Wildman–Crippen LogP) is 21.2. The summed E-state index contributed by atoms with van der Waals surface area (Å²) in [7, 11) is -9.91. The number of rotatable bonds is 72. The standard InChI is InChI=1S/C74H140O17P2/c1-6-9-12-15-18-20-22-24-27-31-35-38-43-48-53-58-72(77)85-64-70(91-74(79)60-55-50-45-40-36-32-29-26-25-28-30-33-37-42-46-51-56-67(4)5)66-89-93(82,83)87-62-68(75)61-86-92(80,81)88-65-69(63-84-71(76)57-52-47-41-17-14-11-8-3)90-73(78)59-54-49-44-39-34-23-21-19-16-13-10-7-2/h20,22,24,27,67-70,75H,6-19,21,23,25-26,28-66H2,1-5H3,(H,80,81)(H,82,83)/b22-20-,27-24-/t68-,69+,70+/m0/s1. The Balaban J connectivity index is 5.22. The van der Waals surface area contributed by atoms with Crippen LogP contribution in [0.2, 0.25) is 0 Å². The van der Waals surface area contributed by atoms with E-state index in [1.54, 1.807) is 0 Å². The smallest absolute Gasteiger partial charge is 0.462 e. The molecule has 548 valence electrons. The van der Waals surface area contributed by atoms with E-state index in [0.29, 0.717) is 25.7 Å². The number of phosphoric acid groups is 2. The molecule has 2 unspecified atom stereocenters. The number of ether oxygens (including phenoxy) is 4. The SMILES string of the molecule is CCCCCC/C=C\C=C/CCCCCCCC(=O)OC[C@H](COP(=O)(O)OC[C@@H](O)COP(=O)(O)OC[C@@H](COC(=O)CCCCCCCCC)OC(=O)CCCCCCCCCCCCCC)OC(=O)CCCCCCCCCCCCCCCCCCC(C)C. The van der Waals surface area contributed by atoms with Gasteiger partial charge in [-0.15, -0.1) is 0 Å². The van der Waals surface area contributed by atoms with Crippen LogP contribution in [0.3, 0.4) is 0 Å². The van der Waals surface area contributed by atoms with Crippen molar-refractivity contribution >= 4 is 39.5 Å². The first-order valence-electron chi connectivity index (χ1n) is 38.0. The maximum Gasteiger partial charge on any atom is 0.472 e. The summed E-state index contributed by atoms with van der Waals surface area (Å²) in [5, 5.41) is 10.6. The van der Waals surface area contributed by atoms with Crippen LogP contribution >= 0.6 is 15.6 Å². The van der Waals surface area contributed by atoms with E-state index in [9.17, 15) is 43.2 Å². The lowest BCUT2D eigenvalue weighted by molar-refractivity contribution is -0.161. The molecule has 0 bridgehead atoms. The van der Waals surface area contributed by atoms with Crippen molar-refractivity contribution in [1.82, 2.24) is 0 Å². The van der Waals surface area contributed by atoms with Gasteiger partial charge in [0.1, 0.15) is 19.3 Å². The van der Waals surface area contributed by atoms with Gasteiger partial charge in [0, 0.05) is 25.7 Å². The van der Waals surface area contributed by atoms with Gasteiger partial charge in [-0.1, -0.05) is 309 Å². The molecule has 0 aliphatic rings. The Morgan fingerprint density at radius 3 is 0.882 bits per heavy atom. The lowest BCUT2D eigenvalue weighted by Crippen LogP contribution is -2.30. The van der Waals surface area contributed by atoms with Crippen LogP contribution < -0.4 is 0 Å². The zero-order chi connectivity index (χ0) is 68.4. The highest BCUT2D eigenvalue weighted by atomic mass is 31.2. The van der Waals surface area contributed by atoms with Gasteiger partial charge in [-0.3, -0.25) is 37.3 Å². The van der Waals surface area contributed by atoms with Gasteiger partial charge in [0.25, 0.3) is 0 Å². The number of hydrogen-bond acceptors (Lipinski definition) is 15. The Morgan fingerprint density at radius 2 is 0.581 bits per heavy atom. The van der Waals surface area contributed by atoms with Crippen molar-refractivity contribution in [3.8, 4) is 0 Å². The molecule has 0 radical (unpaired) electrons. The Morgan fingerprint density at radius 1 is 0.333 bits per heavy atom. The highest BCUT2D eigenvalue weighted by Gasteiger charge is 2.30. The molecular weight excluding hydrogens is 1220 g/mol. The van der Waals surface area contributed by atoms with E-state index >= 15 is 0 Å². The van der Waals surface area contributed by atoms with Gasteiger partial charge >= 0.3 is 39.5 Å². The Bertz CT molecular complexity index is 1880. The summed E-state index contributed by atoms with van der Waals surface area (Å²) in [4.78, 5) is 72.5. The first-order chi connectivity index (χ1) is 45.0. The van der Waals surface area contributed by atoms with Crippen molar-refractivity contribution in [3.05, 3.63) is 24.3 Å². The second kappa shape index (κ2) is 66.8. The molecule has 19 heteroatoms. The summed E-state index contributed by atoms with van der Waals surface area (Å²) in [6.45, 7) is 7.20. The number of carbonyl (C=O) groups excluding carboxylic acids is 4. The number of aliphatic hydroxyl groups is 1. The second-order valence-corrected chi connectivity index (χ2v) is 29.4. The number of allylic oxidation sites excluding steroid dienone is 4.